The molecule has 2 N–H and O–H groups in total. The van der Waals surface area contributed by atoms with Crippen LogP contribution in [0, 0.1) is 18.8 Å². The molecule has 6 heteroatoms. The molecule has 0 radical (unpaired) electrons. The summed E-state index contributed by atoms with van der Waals surface area (Å²) >= 11 is 0. The lowest BCUT2D eigenvalue weighted by atomic mass is 9.85. The second-order valence-corrected chi connectivity index (χ2v) is 8.77. The van der Waals surface area contributed by atoms with Crippen molar-refractivity contribution in [2.45, 2.75) is 65.3 Å². The molecule has 0 spiro atoms. The van der Waals surface area contributed by atoms with Gasteiger partial charge in [-0.15, -0.1) is 10.2 Å². The Hall–Kier alpha value is -2.21. The Morgan fingerprint density at radius 2 is 2.17 bits per heavy atom. The van der Waals surface area contributed by atoms with Gasteiger partial charge in [0.1, 0.15) is 5.82 Å². The molecule has 2 unspecified atom stereocenters. The molecule has 1 amide bonds. The van der Waals surface area contributed by atoms with Gasteiger partial charge >= 0.3 is 0 Å². The number of carbonyl (C=O) groups is 1. The number of nitrogens with one attached hydrogen (secondary N) is 2. The highest BCUT2D eigenvalue weighted by atomic mass is 16.1. The van der Waals surface area contributed by atoms with E-state index in [0.717, 1.165) is 54.5 Å². The molecule has 1 saturated heterocycles. The van der Waals surface area contributed by atoms with Crippen LogP contribution < -0.4 is 10.6 Å². The van der Waals surface area contributed by atoms with Crippen LogP contribution in [0.3, 0.4) is 0 Å². The molecule has 2 aliphatic rings. The Morgan fingerprint density at radius 1 is 1.28 bits per heavy atom. The van der Waals surface area contributed by atoms with Crippen LogP contribution in [0.5, 0.6) is 0 Å². The molecule has 3 heterocycles. The number of nitrogens with zero attached hydrogens (tertiary/aromatic N) is 3. The first kappa shape index (κ1) is 20.1. The highest BCUT2D eigenvalue weighted by molar-refractivity contribution is 5.92. The number of aryl methyl sites for hydroxylation is 2. The lowest BCUT2D eigenvalue weighted by molar-refractivity contribution is -0.117. The highest BCUT2D eigenvalue weighted by Gasteiger charge is 2.22. The normalized spacial score (nSPS) is 20.6. The Kier molecular flexibility index (Phi) is 6.28. The van der Waals surface area contributed by atoms with Crippen molar-refractivity contribution in [3.05, 3.63) is 29.6 Å². The second-order valence-electron chi connectivity index (χ2n) is 8.77. The summed E-state index contributed by atoms with van der Waals surface area (Å²) in [6.45, 7) is 7.35. The third-order valence-electron chi connectivity index (χ3n) is 6.53. The molecule has 0 aliphatic carbocycles. The number of piperidine rings is 1. The average Bonchev–Trinajstić information content (AvgIpc) is 2.98. The summed E-state index contributed by atoms with van der Waals surface area (Å²) in [7, 11) is 0. The molecule has 0 saturated carbocycles. The van der Waals surface area contributed by atoms with Crippen LogP contribution in [-0.2, 0) is 17.8 Å². The van der Waals surface area contributed by atoms with Crippen molar-refractivity contribution in [1.82, 2.24) is 20.1 Å². The number of hydrogen-bond donors (Lipinski definition) is 2. The van der Waals surface area contributed by atoms with Crippen molar-refractivity contribution in [3.63, 3.8) is 0 Å². The lowest BCUT2D eigenvalue weighted by Gasteiger charge is -2.28. The van der Waals surface area contributed by atoms with Gasteiger partial charge < -0.3 is 15.2 Å². The molecule has 29 heavy (non-hydrogen) atoms. The number of benzene rings is 1. The van der Waals surface area contributed by atoms with E-state index in [9.17, 15) is 4.79 Å². The number of carbonyl (C=O) groups excluding carboxylic acids is 1. The van der Waals surface area contributed by atoms with Gasteiger partial charge in [-0.2, -0.15) is 0 Å². The van der Waals surface area contributed by atoms with Crippen LogP contribution in [0.25, 0.3) is 11.4 Å². The second kappa shape index (κ2) is 9.08. The van der Waals surface area contributed by atoms with E-state index in [1.807, 2.05) is 6.92 Å². The average molecular weight is 396 g/mol. The van der Waals surface area contributed by atoms with Crippen LogP contribution in [-0.4, -0.2) is 33.8 Å². The van der Waals surface area contributed by atoms with Crippen LogP contribution in [0.2, 0.25) is 0 Å². The summed E-state index contributed by atoms with van der Waals surface area (Å²) in [6.07, 6.45) is 7.58. The van der Waals surface area contributed by atoms with Crippen molar-refractivity contribution in [3.8, 4) is 11.4 Å². The minimum Gasteiger partial charge on any atom is -0.326 e. The molecule has 156 valence electrons. The first-order valence-corrected chi connectivity index (χ1v) is 11.2. The molecule has 2 aliphatic heterocycles. The monoisotopic (exact) mass is 395 g/mol. The Labute approximate surface area is 173 Å². The lowest BCUT2D eigenvalue weighted by Crippen LogP contribution is -2.34. The molecule has 1 aromatic heterocycles. The van der Waals surface area contributed by atoms with Crippen molar-refractivity contribution < 1.29 is 4.79 Å². The summed E-state index contributed by atoms with van der Waals surface area (Å²) in [5.74, 6) is 3.08. The van der Waals surface area contributed by atoms with Crippen molar-refractivity contribution in [1.29, 1.82) is 0 Å². The van der Waals surface area contributed by atoms with Gasteiger partial charge in [-0.05, 0) is 69.2 Å². The zero-order valence-electron chi connectivity index (χ0n) is 17.7. The number of anilines is 1. The van der Waals surface area contributed by atoms with E-state index in [1.165, 1.54) is 32.1 Å². The minimum atomic E-state index is 0.100. The van der Waals surface area contributed by atoms with Gasteiger partial charge in [0.15, 0.2) is 5.82 Å². The Bertz CT molecular complexity index is 853. The largest absolute Gasteiger partial charge is 0.326 e. The van der Waals surface area contributed by atoms with Crippen molar-refractivity contribution in [2.75, 3.05) is 18.4 Å². The molecule has 1 fully saturated rings. The molecular weight excluding hydrogens is 362 g/mol. The smallest absolute Gasteiger partial charge is 0.224 e. The predicted molar refractivity (Wildman–Crippen MR) is 116 cm³/mol. The van der Waals surface area contributed by atoms with E-state index in [0.29, 0.717) is 18.3 Å². The van der Waals surface area contributed by atoms with Crippen LogP contribution in [0.15, 0.2) is 18.2 Å². The Balaban J connectivity index is 1.47. The summed E-state index contributed by atoms with van der Waals surface area (Å²) in [5, 5.41) is 15.5. The number of fused-ring (bicyclic) bond motifs is 1. The number of aromatic nitrogens is 3. The first-order chi connectivity index (χ1) is 14.1. The molecular formula is C23H33N5O. The van der Waals surface area contributed by atoms with Gasteiger partial charge in [0.25, 0.3) is 0 Å². The predicted octanol–water partition coefficient (Wildman–Crippen LogP) is 3.94. The zero-order chi connectivity index (χ0) is 20.2. The number of rotatable bonds is 5. The van der Waals surface area contributed by atoms with E-state index in [2.05, 4.69) is 50.5 Å². The van der Waals surface area contributed by atoms with Gasteiger partial charge in [-0.1, -0.05) is 25.5 Å². The third kappa shape index (κ3) is 4.69. The molecule has 2 atom stereocenters. The maximum atomic E-state index is 12.7. The fraction of sp³-hybridized carbons (Fsp3) is 0.609. The number of amides is 1. The van der Waals surface area contributed by atoms with Crippen molar-refractivity contribution in [2.24, 2.45) is 11.8 Å². The summed E-state index contributed by atoms with van der Waals surface area (Å²) in [4.78, 5) is 12.7. The highest BCUT2D eigenvalue weighted by Crippen LogP contribution is 2.28. The molecule has 0 bridgehead atoms. The zero-order valence-corrected chi connectivity index (χ0v) is 17.7. The van der Waals surface area contributed by atoms with Crippen LogP contribution in [0.4, 0.5) is 5.69 Å². The molecule has 1 aromatic carbocycles. The Morgan fingerprint density at radius 3 is 3.00 bits per heavy atom. The van der Waals surface area contributed by atoms with E-state index >= 15 is 0 Å². The first-order valence-electron chi connectivity index (χ1n) is 11.2. The van der Waals surface area contributed by atoms with Gasteiger partial charge in [0.05, 0.1) is 0 Å². The maximum absolute atomic E-state index is 12.7. The van der Waals surface area contributed by atoms with E-state index in [-0.39, 0.29) is 5.91 Å². The maximum Gasteiger partial charge on any atom is 0.224 e. The fourth-order valence-corrected chi connectivity index (χ4v) is 4.62. The fourth-order valence-electron chi connectivity index (χ4n) is 4.62. The van der Waals surface area contributed by atoms with E-state index < -0.39 is 0 Å². The minimum absolute atomic E-state index is 0.100. The van der Waals surface area contributed by atoms with E-state index in [1.54, 1.807) is 0 Å². The topological polar surface area (TPSA) is 71.8 Å². The molecule has 4 rings (SSSR count). The van der Waals surface area contributed by atoms with Gasteiger partial charge in [-0.3, -0.25) is 4.79 Å². The standard InChI is InChI=1S/C23H33N5O/c1-16-9-10-18(23-27-26-21-8-4-3-5-12-28(21)23)14-20(16)25-22(29)13-17(2)19-7-6-11-24-15-19/h9-10,14,17,19,24H,3-8,11-13,15H2,1-2H3,(H,25,29). The summed E-state index contributed by atoms with van der Waals surface area (Å²) < 4.78 is 2.25. The third-order valence-corrected chi connectivity index (χ3v) is 6.53. The van der Waals surface area contributed by atoms with Crippen LogP contribution in [0.1, 0.15) is 56.8 Å². The van der Waals surface area contributed by atoms with E-state index in [4.69, 9.17) is 0 Å². The molecule has 6 nitrogen and oxygen atoms in total. The summed E-state index contributed by atoms with van der Waals surface area (Å²) in [5.41, 5.74) is 2.98. The van der Waals surface area contributed by atoms with Gasteiger partial charge in [-0.25, -0.2) is 0 Å². The SMILES string of the molecule is Cc1ccc(-c2nnc3n2CCCCC3)cc1NC(=O)CC(C)C1CCCNC1. The van der Waals surface area contributed by atoms with Gasteiger partial charge in [0.2, 0.25) is 5.91 Å². The summed E-state index contributed by atoms with van der Waals surface area (Å²) in [6, 6.07) is 6.21. The van der Waals surface area contributed by atoms with Crippen molar-refractivity contribution >= 4 is 11.6 Å². The number of hydrogen-bond acceptors (Lipinski definition) is 4. The molecule has 2 aromatic rings. The van der Waals surface area contributed by atoms with Gasteiger partial charge in [0, 0.05) is 30.6 Å². The van der Waals surface area contributed by atoms with Crippen LogP contribution >= 0.6 is 0 Å². The quantitative estimate of drug-likeness (QED) is 0.804.